The zero-order valence-electron chi connectivity index (χ0n) is 11.4. The van der Waals surface area contributed by atoms with Crippen LogP contribution in [0.2, 0.25) is 0 Å². The van der Waals surface area contributed by atoms with E-state index in [1.807, 2.05) is 6.92 Å². The summed E-state index contributed by atoms with van der Waals surface area (Å²) < 4.78 is 5.32. The van der Waals surface area contributed by atoms with Gasteiger partial charge in [0.25, 0.3) is 0 Å². The zero-order chi connectivity index (χ0) is 12.9. The number of carbonyl (C=O) groups is 1. The first-order valence-electron chi connectivity index (χ1n) is 6.08. The highest BCUT2D eigenvalue weighted by atomic mass is 16.5. The molecule has 0 aliphatic carbocycles. The maximum atomic E-state index is 11.4. The van der Waals surface area contributed by atoms with Gasteiger partial charge in [0.1, 0.15) is 0 Å². The van der Waals surface area contributed by atoms with E-state index in [2.05, 4.69) is 34.6 Å². The van der Waals surface area contributed by atoms with Crippen molar-refractivity contribution in [3.63, 3.8) is 0 Å². The lowest BCUT2D eigenvalue weighted by Crippen LogP contribution is -2.44. The monoisotopic (exact) mass is 230 g/mol. The van der Waals surface area contributed by atoms with Gasteiger partial charge in [-0.15, -0.1) is 0 Å². The third-order valence-electron chi connectivity index (χ3n) is 4.03. The van der Waals surface area contributed by atoms with Crippen molar-refractivity contribution in [2.24, 2.45) is 23.2 Å². The van der Waals surface area contributed by atoms with Crippen LogP contribution in [0.15, 0.2) is 0 Å². The number of hydrogen-bond donors (Lipinski definition) is 1. The SMILES string of the molecule is CCOCC(C(=O)O)C(C)(C(C)C)C(C)C. The highest BCUT2D eigenvalue weighted by Gasteiger charge is 2.44. The topological polar surface area (TPSA) is 46.5 Å². The summed E-state index contributed by atoms with van der Waals surface area (Å²) >= 11 is 0. The molecule has 96 valence electrons. The van der Waals surface area contributed by atoms with Gasteiger partial charge < -0.3 is 9.84 Å². The van der Waals surface area contributed by atoms with Gasteiger partial charge >= 0.3 is 5.97 Å². The van der Waals surface area contributed by atoms with Crippen molar-refractivity contribution >= 4 is 5.97 Å². The first-order chi connectivity index (χ1) is 7.28. The Morgan fingerprint density at radius 3 is 1.94 bits per heavy atom. The average molecular weight is 230 g/mol. The van der Waals surface area contributed by atoms with Crippen LogP contribution in [0.25, 0.3) is 0 Å². The lowest BCUT2D eigenvalue weighted by atomic mass is 9.62. The summed E-state index contributed by atoms with van der Waals surface area (Å²) in [5.74, 6) is -0.561. The molecule has 0 saturated carbocycles. The first-order valence-corrected chi connectivity index (χ1v) is 6.08. The lowest BCUT2D eigenvalue weighted by molar-refractivity contribution is -0.153. The molecule has 3 heteroatoms. The van der Waals surface area contributed by atoms with Gasteiger partial charge in [0.05, 0.1) is 12.5 Å². The Morgan fingerprint density at radius 1 is 1.25 bits per heavy atom. The molecule has 0 aromatic rings. The Kier molecular flexibility index (Phi) is 6.01. The molecule has 1 N–H and O–H groups in total. The maximum absolute atomic E-state index is 11.4. The molecule has 0 amide bonds. The molecule has 0 fully saturated rings. The Hall–Kier alpha value is -0.570. The summed E-state index contributed by atoms with van der Waals surface area (Å²) in [5, 5.41) is 9.35. The maximum Gasteiger partial charge on any atom is 0.309 e. The summed E-state index contributed by atoms with van der Waals surface area (Å²) in [6.07, 6.45) is 0. The number of carboxylic acids is 1. The van der Waals surface area contributed by atoms with E-state index in [-0.39, 0.29) is 5.41 Å². The van der Waals surface area contributed by atoms with E-state index in [4.69, 9.17) is 4.74 Å². The van der Waals surface area contributed by atoms with Crippen molar-refractivity contribution in [2.45, 2.75) is 41.5 Å². The van der Waals surface area contributed by atoms with Crippen molar-refractivity contribution in [2.75, 3.05) is 13.2 Å². The Morgan fingerprint density at radius 2 is 1.69 bits per heavy atom. The summed E-state index contributed by atoms with van der Waals surface area (Å²) in [5.41, 5.74) is -0.235. The van der Waals surface area contributed by atoms with Crippen LogP contribution >= 0.6 is 0 Å². The van der Waals surface area contributed by atoms with E-state index in [0.29, 0.717) is 25.0 Å². The highest BCUT2D eigenvalue weighted by molar-refractivity contribution is 5.71. The van der Waals surface area contributed by atoms with E-state index in [9.17, 15) is 9.90 Å². The predicted molar refractivity (Wildman–Crippen MR) is 65.4 cm³/mol. The van der Waals surface area contributed by atoms with Crippen LogP contribution in [-0.4, -0.2) is 24.3 Å². The predicted octanol–water partition coefficient (Wildman–Crippen LogP) is 3.04. The Balaban J connectivity index is 5.03. The van der Waals surface area contributed by atoms with Crippen LogP contribution in [-0.2, 0) is 9.53 Å². The van der Waals surface area contributed by atoms with E-state index in [1.165, 1.54) is 0 Å². The lowest BCUT2D eigenvalue weighted by Gasteiger charge is -2.42. The molecular formula is C13H26O3. The van der Waals surface area contributed by atoms with E-state index in [1.54, 1.807) is 0 Å². The van der Waals surface area contributed by atoms with Crippen molar-refractivity contribution in [1.29, 1.82) is 0 Å². The molecule has 0 aromatic heterocycles. The van der Waals surface area contributed by atoms with Gasteiger partial charge in [0.15, 0.2) is 0 Å². The number of rotatable bonds is 7. The minimum Gasteiger partial charge on any atom is -0.481 e. The number of hydrogen-bond acceptors (Lipinski definition) is 2. The molecule has 0 radical (unpaired) electrons. The van der Waals surface area contributed by atoms with Gasteiger partial charge in [0.2, 0.25) is 0 Å². The van der Waals surface area contributed by atoms with Crippen molar-refractivity contribution in [3.8, 4) is 0 Å². The molecule has 16 heavy (non-hydrogen) atoms. The van der Waals surface area contributed by atoms with Crippen molar-refractivity contribution in [3.05, 3.63) is 0 Å². The molecule has 0 aromatic carbocycles. The number of aliphatic carboxylic acids is 1. The van der Waals surface area contributed by atoms with Crippen molar-refractivity contribution in [1.82, 2.24) is 0 Å². The number of carboxylic acid groups (broad SMARTS) is 1. The van der Waals surface area contributed by atoms with E-state index >= 15 is 0 Å². The Labute approximate surface area is 99.2 Å². The first kappa shape index (κ1) is 15.4. The summed E-state index contributed by atoms with van der Waals surface area (Å²) in [6.45, 7) is 13.2. The summed E-state index contributed by atoms with van der Waals surface area (Å²) in [4.78, 5) is 11.4. The van der Waals surface area contributed by atoms with E-state index < -0.39 is 11.9 Å². The minimum absolute atomic E-state index is 0.235. The van der Waals surface area contributed by atoms with Gasteiger partial charge in [-0.3, -0.25) is 4.79 Å². The summed E-state index contributed by atoms with van der Waals surface area (Å²) in [6, 6.07) is 0. The molecule has 1 unspecified atom stereocenters. The van der Waals surface area contributed by atoms with Gasteiger partial charge in [-0.2, -0.15) is 0 Å². The van der Waals surface area contributed by atoms with Gasteiger partial charge in [-0.05, 0) is 24.2 Å². The summed E-state index contributed by atoms with van der Waals surface area (Å²) in [7, 11) is 0. The van der Waals surface area contributed by atoms with Crippen LogP contribution in [0.1, 0.15) is 41.5 Å². The molecule has 0 rings (SSSR count). The van der Waals surface area contributed by atoms with Gasteiger partial charge in [-0.1, -0.05) is 34.6 Å². The highest BCUT2D eigenvalue weighted by Crippen LogP contribution is 2.42. The molecule has 3 nitrogen and oxygen atoms in total. The quantitative estimate of drug-likeness (QED) is 0.731. The molecular weight excluding hydrogens is 204 g/mol. The minimum atomic E-state index is -0.752. The molecule has 0 bridgehead atoms. The molecule has 1 atom stereocenters. The molecule has 0 saturated heterocycles. The Bertz CT molecular complexity index is 213. The molecule has 0 spiro atoms. The largest absolute Gasteiger partial charge is 0.481 e. The second kappa shape index (κ2) is 6.24. The average Bonchev–Trinajstić information content (AvgIpc) is 2.16. The normalized spacial score (nSPS) is 14.5. The molecule has 0 aliphatic heterocycles. The van der Waals surface area contributed by atoms with Crippen LogP contribution in [0.3, 0.4) is 0 Å². The molecule has 0 aliphatic rings. The number of ether oxygens (including phenoxy) is 1. The molecule has 0 heterocycles. The van der Waals surface area contributed by atoms with Crippen LogP contribution < -0.4 is 0 Å². The van der Waals surface area contributed by atoms with Crippen molar-refractivity contribution < 1.29 is 14.6 Å². The fraction of sp³-hybridized carbons (Fsp3) is 0.923. The second-order valence-corrected chi connectivity index (χ2v) is 5.23. The standard InChI is InChI=1S/C13H26O3/c1-7-16-8-11(12(14)15)13(6,9(2)3)10(4)5/h9-11H,7-8H2,1-6H3,(H,14,15). The van der Waals surface area contributed by atoms with Gasteiger partial charge in [-0.25, -0.2) is 0 Å². The zero-order valence-corrected chi connectivity index (χ0v) is 11.4. The van der Waals surface area contributed by atoms with Crippen LogP contribution in [0, 0.1) is 23.2 Å². The van der Waals surface area contributed by atoms with Crippen LogP contribution in [0.4, 0.5) is 0 Å². The fourth-order valence-corrected chi connectivity index (χ4v) is 2.22. The van der Waals surface area contributed by atoms with E-state index in [0.717, 1.165) is 0 Å². The second-order valence-electron chi connectivity index (χ2n) is 5.23. The third kappa shape index (κ3) is 3.21. The fourth-order valence-electron chi connectivity index (χ4n) is 2.22. The smallest absolute Gasteiger partial charge is 0.309 e. The third-order valence-corrected chi connectivity index (χ3v) is 4.03. The van der Waals surface area contributed by atoms with Gasteiger partial charge in [0, 0.05) is 6.61 Å². The van der Waals surface area contributed by atoms with Crippen LogP contribution in [0.5, 0.6) is 0 Å².